The average Bonchev–Trinajstić information content (AvgIpc) is 3.56. The molecule has 14 heteroatoms. The van der Waals surface area contributed by atoms with Crippen molar-refractivity contribution in [3.05, 3.63) is 132 Å². The number of benzene rings is 3. The number of hydrogen-bond acceptors (Lipinski definition) is 8. The number of rotatable bonds is 13. The maximum atomic E-state index is 14.7. The molecular weight excluding hydrogens is 747 g/mol. The highest BCUT2D eigenvalue weighted by molar-refractivity contribution is 6.13. The Morgan fingerprint density at radius 2 is 1.76 bits per heavy atom. The summed E-state index contributed by atoms with van der Waals surface area (Å²) in [5.74, 6) is 0.521. The first-order valence-electron chi connectivity index (χ1n) is 19.8. The number of nitrogens with zero attached hydrogens (tertiary/aromatic N) is 7. The third-order valence-electron chi connectivity index (χ3n) is 10.8. The summed E-state index contributed by atoms with van der Waals surface area (Å²) in [6.07, 6.45) is 4.40. The number of carbonyl (C=O) groups is 4. The van der Waals surface area contributed by atoms with E-state index in [9.17, 15) is 24.3 Å². The van der Waals surface area contributed by atoms with Crippen molar-refractivity contribution in [3.8, 4) is 5.75 Å². The number of carbonyl (C=O) groups excluding carboxylic acids is 4. The number of piperazine rings is 1. The molecule has 2 saturated heterocycles. The van der Waals surface area contributed by atoms with Crippen molar-refractivity contribution in [2.75, 3.05) is 43.4 Å². The van der Waals surface area contributed by atoms with Crippen molar-refractivity contribution in [2.24, 2.45) is 13.0 Å². The van der Waals surface area contributed by atoms with Crippen molar-refractivity contribution in [2.45, 2.75) is 45.6 Å². The summed E-state index contributed by atoms with van der Waals surface area (Å²) in [7, 11) is 3.85. The van der Waals surface area contributed by atoms with Gasteiger partial charge in [-0.2, -0.15) is 0 Å². The number of hydrazine groups is 1. The molecule has 2 aliphatic rings. The number of anilines is 2. The molecule has 0 radical (unpaired) electrons. The number of amides is 5. The minimum absolute atomic E-state index is 0.0343. The Morgan fingerprint density at radius 3 is 2.46 bits per heavy atom. The van der Waals surface area contributed by atoms with Gasteiger partial charge < -0.3 is 35.0 Å². The van der Waals surface area contributed by atoms with Crippen molar-refractivity contribution in [1.82, 2.24) is 34.7 Å². The quantitative estimate of drug-likeness (QED) is 0.135. The zero-order chi connectivity index (χ0) is 41.8. The second-order valence-corrected chi connectivity index (χ2v) is 15.6. The fraction of sp³-hybridized carbons (Fsp3) is 0.311. The topological polar surface area (TPSA) is 147 Å². The Hall–Kier alpha value is -6.67. The standard InChI is InChI=1S/C45H51N9O5/c1-6-21-52-29-41(56)53-38(22-31-15-18-35(55)19-16-31)44(58)51(28-40(53)54(52)45(59)47-23-32-11-8-7-9-12-32)26-33-13-10-14-36-37(27-50(5)42(33)36)43(57)48-34-17-20-39(46-24-34)49(4)25-30(2)3/h6-20,24,27,30,38,40,55H,1,21-23,25-26,28-29H2,2-5H3,(H,47,59)(H,48,57). The fourth-order valence-electron chi connectivity index (χ4n) is 8.15. The number of nitrogens with one attached hydrogen (secondary N) is 2. The molecule has 2 atom stereocenters. The third-order valence-corrected chi connectivity index (χ3v) is 10.8. The van der Waals surface area contributed by atoms with Crippen molar-refractivity contribution in [3.63, 3.8) is 0 Å². The molecule has 59 heavy (non-hydrogen) atoms. The van der Waals surface area contributed by atoms with Gasteiger partial charge in [0, 0.05) is 58.3 Å². The highest BCUT2D eigenvalue weighted by Crippen LogP contribution is 2.32. The number of hydrogen-bond donors (Lipinski definition) is 3. The van der Waals surface area contributed by atoms with Crippen LogP contribution in [-0.2, 0) is 36.1 Å². The highest BCUT2D eigenvalue weighted by Gasteiger charge is 2.51. The van der Waals surface area contributed by atoms with E-state index in [1.54, 1.807) is 62.6 Å². The number of fused-ring (bicyclic) bond motifs is 2. The van der Waals surface area contributed by atoms with Crippen LogP contribution in [0.3, 0.4) is 0 Å². The number of para-hydroxylation sites is 1. The van der Waals surface area contributed by atoms with E-state index in [2.05, 4.69) is 40.9 Å². The lowest BCUT2D eigenvalue weighted by molar-refractivity contribution is -0.189. The van der Waals surface area contributed by atoms with Gasteiger partial charge >= 0.3 is 6.03 Å². The maximum absolute atomic E-state index is 14.7. The lowest BCUT2D eigenvalue weighted by Gasteiger charge is -2.55. The molecule has 14 nitrogen and oxygen atoms in total. The van der Waals surface area contributed by atoms with E-state index >= 15 is 0 Å². The normalized spacial score (nSPS) is 17.0. The molecule has 5 amide bonds. The smallest absolute Gasteiger partial charge is 0.334 e. The zero-order valence-corrected chi connectivity index (χ0v) is 33.9. The number of aryl methyl sites for hydroxylation is 1. The van der Waals surface area contributed by atoms with Crippen molar-refractivity contribution < 1.29 is 24.3 Å². The number of phenolic OH excluding ortho intramolecular Hbond substituents is 1. The van der Waals surface area contributed by atoms with E-state index in [0.29, 0.717) is 22.6 Å². The minimum Gasteiger partial charge on any atom is -0.508 e. The van der Waals surface area contributed by atoms with Crippen LogP contribution in [0.25, 0.3) is 10.9 Å². The van der Waals surface area contributed by atoms with Gasteiger partial charge in [0.2, 0.25) is 11.8 Å². The molecule has 2 unspecified atom stereocenters. The third kappa shape index (κ3) is 8.77. The summed E-state index contributed by atoms with van der Waals surface area (Å²) in [5.41, 5.74) is 4.25. The first-order valence-corrected chi connectivity index (χ1v) is 19.8. The lowest BCUT2D eigenvalue weighted by Crippen LogP contribution is -2.76. The molecule has 0 saturated carbocycles. The molecule has 7 rings (SSSR count). The van der Waals surface area contributed by atoms with Crippen LogP contribution < -0.4 is 15.5 Å². The van der Waals surface area contributed by atoms with Crippen LogP contribution >= 0.6 is 0 Å². The Balaban J connectivity index is 1.19. The van der Waals surface area contributed by atoms with Gasteiger partial charge in [-0.3, -0.25) is 14.4 Å². The van der Waals surface area contributed by atoms with Gasteiger partial charge in [-0.05, 0) is 46.9 Å². The molecule has 2 aliphatic heterocycles. The van der Waals surface area contributed by atoms with Gasteiger partial charge in [-0.15, -0.1) is 6.58 Å². The van der Waals surface area contributed by atoms with Crippen LogP contribution in [0.5, 0.6) is 5.75 Å². The molecule has 2 aromatic heterocycles. The van der Waals surface area contributed by atoms with E-state index in [-0.39, 0.29) is 62.6 Å². The van der Waals surface area contributed by atoms with Crippen LogP contribution in [0.4, 0.5) is 16.3 Å². The van der Waals surface area contributed by atoms with Crippen LogP contribution in [-0.4, -0.2) is 104 Å². The van der Waals surface area contributed by atoms with E-state index in [1.165, 1.54) is 0 Å². The van der Waals surface area contributed by atoms with E-state index in [1.807, 2.05) is 79.3 Å². The fourth-order valence-corrected chi connectivity index (χ4v) is 8.15. The average molecular weight is 798 g/mol. The van der Waals surface area contributed by atoms with Crippen LogP contribution in [0.1, 0.15) is 40.9 Å². The molecule has 0 aliphatic carbocycles. The Labute approximate surface area is 344 Å². The van der Waals surface area contributed by atoms with Crippen LogP contribution in [0.15, 0.2) is 110 Å². The van der Waals surface area contributed by atoms with E-state index in [4.69, 9.17) is 0 Å². The van der Waals surface area contributed by atoms with Gasteiger partial charge in [0.15, 0.2) is 0 Å². The maximum Gasteiger partial charge on any atom is 0.334 e. The molecule has 0 spiro atoms. The minimum atomic E-state index is -0.944. The second-order valence-electron chi connectivity index (χ2n) is 15.6. The summed E-state index contributed by atoms with van der Waals surface area (Å²) in [4.78, 5) is 66.6. The SMILES string of the molecule is C=CCN1CC(=O)N2C(Cc3ccc(O)cc3)C(=O)N(Cc3cccc4c(C(=O)Nc5ccc(N(C)CC(C)C)nc5)cn(C)c34)CC2N1C(=O)NCc1ccccc1. The number of pyridine rings is 1. The Kier molecular flexibility index (Phi) is 12.0. The van der Waals surface area contributed by atoms with Crippen LogP contribution in [0.2, 0.25) is 0 Å². The van der Waals surface area contributed by atoms with Crippen molar-refractivity contribution >= 4 is 46.2 Å². The summed E-state index contributed by atoms with van der Waals surface area (Å²) in [5, 5.41) is 19.9. The Morgan fingerprint density at radius 1 is 1.00 bits per heavy atom. The van der Waals surface area contributed by atoms with Gasteiger partial charge in [-0.1, -0.05) is 80.6 Å². The first kappa shape index (κ1) is 40.5. The van der Waals surface area contributed by atoms with E-state index in [0.717, 1.165) is 34.6 Å². The van der Waals surface area contributed by atoms with E-state index < -0.39 is 18.2 Å². The van der Waals surface area contributed by atoms with Gasteiger partial charge in [0.05, 0.1) is 36.1 Å². The number of phenols is 1. The predicted molar refractivity (Wildman–Crippen MR) is 227 cm³/mol. The Bertz CT molecular complexity index is 2330. The first-order chi connectivity index (χ1) is 28.4. The molecular formula is C45H51N9O5. The number of aromatic hydroxyl groups is 1. The van der Waals surface area contributed by atoms with Crippen LogP contribution in [0, 0.1) is 5.92 Å². The largest absolute Gasteiger partial charge is 0.508 e. The highest BCUT2D eigenvalue weighted by atomic mass is 16.3. The van der Waals surface area contributed by atoms with Gasteiger partial charge in [0.25, 0.3) is 5.91 Å². The summed E-state index contributed by atoms with van der Waals surface area (Å²) >= 11 is 0. The monoisotopic (exact) mass is 797 g/mol. The second kappa shape index (κ2) is 17.4. The zero-order valence-electron chi connectivity index (χ0n) is 33.9. The molecule has 306 valence electrons. The van der Waals surface area contributed by atoms with Crippen molar-refractivity contribution in [1.29, 1.82) is 0 Å². The molecule has 0 bridgehead atoms. The summed E-state index contributed by atoms with van der Waals surface area (Å²) in [6.45, 7) is 9.58. The number of aromatic nitrogens is 2. The molecule has 5 aromatic rings. The summed E-state index contributed by atoms with van der Waals surface area (Å²) in [6, 6.07) is 24.1. The van der Waals surface area contributed by atoms with Gasteiger partial charge in [0.1, 0.15) is 23.8 Å². The molecule has 3 N–H and O–H groups in total. The molecule has 3 aromatic carbocycles. The van der Waals surface area contributed by atoms with Gasteiger partial charge in [-0.25, -0.2) is 19.8 Å². The molecule has 4 heterocycles. The number of urea groups is 1. The predicted octanol–water partition coefficient (Wildman–Crippen LogP) is 5.36. The summed E-state index contributed by atoms with van der Waals surface area (Å²) < 4.78 is 1.88. The molecule has 2 fully saturated rings. The lowest BCUT2D eigenvalue weighted by atomic mass is 9.98.